The molecular weight excluding hydrogens is 222 g/mol. The van der Waals surface area contributed by atoms with E-state index in [4.69, 9.17) is 0 Å². The molecule has 0 saturated heterocycles. The van der Waals surface area contributed by atoms with Gasteiger partial charge in [0.15, 0.2) is 0 Å². The molecule has 1 N–H and O–H groups in total. The van der Waals surface area contributed by atoms with E-state index in [1.807, 2.05) is 19.3 Å². The summed E-state index contributed by atoms with van der Waals surface area (Å²) in [6.07, 6.45) is 3.77. The van der Waals surface area contributed by atoms with Crippen LogP contribution in [0.15, 0.2) is 24.5 Å². The van der Waals surface area contributed by atoms with Gasteiger partial charge in [-0.05, 0) is 44.4 Å². The Morgan fingerprint density at radius 2 is 1.56 bits per heavy atom. The number of nitrogens with zero attached hydrogens (tertiary/aromatic N) is 2. The van der Waals surface area contributed by atoms with Crippen LogP contribution >= 0.6 is 0 Å². The minimum atomic E-state index is 0.684. The van der Waals surface area contributed by atoms with Gasteiger partial charge in [-0.15, -0.1) is 0 Å². The Morgan fingerprint density at radius 3 is 2.06 bits per heavy atom. The Hall–Kier alpha value is -1.90. The van der Waals surface area contributed by atoms with Crippen LogP contribution in [-0.2, 0) is 0 Å². The lowest BCUT2D eigenvalue weighted by atomic mass is 9.96. The van der Waals surface area contributed by atoms with E-state index in [2.05, 4.69) is 48.2 Å². The summed E-state index contributed by atoms with van der Waals surface area (Å²) in [4.78, 5) is 8.65. The topological polar surface area (TPSA) is 37.8 Å². The molecule has 2 rings (SSSR count). The summed E-state index contributed by atoms with van der Waals surface area (Å²) in [5, 5.41) is 3.10. The summed E-state index contributed by atoms with van der Waals surface area (Å²) >= 11 is 0. The van der Waals surface area contributed by atoms with Crippen LogP contribution in [-0.4, -0.2) is 16.5 Å². The highest BCUT2D eigenvalue weighted by Crippen LogP contribution is 2.27. The average Bonchev–Trinajstić information content (AvgIpc) is 2.30. The molecule has 1 aromatic carbocycles. The van der Waals surface area contributed by atoms with E-state index in [1.165, 1.54) is 22.3 Å². The zero-order valence-electron chi connectivity index (χ0n) is 11.4. The highest BCUT2D eigenvalue weighted by molar-refractivity contribution is 5.70. The van der Waals surface area contributed by atoms with E-state index < -0.39 is 0 Å². The number of aryl methyl sites for hydroxylation is 3. The number of benzene rings is 1. The quantitative estimate of drug-likeness (QED) is 0.893. The molecule has 0 unspecified atom stereocenters. The molecule has 3 nitrogen and oxygen atoms in total. The molecule has 0 aliphatic heterocycles. The van der Waals surface area contributed by atoms with Gasteiger partial charge in [0, 0.05) is 24.5 Å². The summed E-state index contributed by atoms with van der Waals surface area (Å²) in [5.41, 5.74) is 6.15. The Kier molecular flexibility index (Phi) is 3.60. The fourth-order valence-electron chi connectivity index (χ4n) is 2.34. The fraction of sp³-hybridized carbons (Fsp3) is 0.333. The van der Waals surface area contributed by atoms with Crippen LogP contribution in [0.4, 0.5) is 5.95 Å². The van der Waals surface area contributed by atoms with Crippen molar-refractivity contribution in [1.82, 2.24) is 9.97 Å². The molecule has 2 aromatic rings. The van der Waals surface area contributed by atoms with E-state index in [-0.39, 0.29) is 0 Å². The third kappa shape index (κ3) is 2.50. The monoisotopic (exact) mass is 241 g/mol. The Balaban J connectivity index is 2.42. The van der Waals surface area contributed by atoms with Gasteiger partial charge in [-0.25, -0.2) is 9.97 Å². The molecule has 0 saturated carbocycles. The van der Waals surface area contributed by atoms with Crippen LogP contribution in [0.1, 0.15) is 23.6 Å². The zero-order valence-corrected chi connectivity index (χ0v) is 11.4. The Labute approximate surface area is 108 Å². The number of nitrogens with one attached hydrogen (secondary N) is 1. The highest BCUT2D eigenvalue weighted by Gasteiger charge is 2.07. The van der Waals surface area contributed by atoms with Crippen molar-refractivity contribution in [3.05, 3.63) is 41.2 Å². The van der Waals surface area contributed by atoms with Crippen LogP contribution in [0.5, 0.6) is 0 Å². The van der Waals surface area contributed by atoms with E-state index in [0.717, 1.165) is 12.1 Å². The first-order chi connectivity index (χ1) is 8.61. The number of hydrogen-bond donors (Lipinski definition) is 1. The van der Waals surface area contributed by atoms with Crippen molar-refractivity contribution in [3.63, 3.8) is 0 Å². The minimum Gasteiger partial charge on any atom is -0.355 e. The second kappa shape index (κ2) is 5.17. The first-order valence-electron chi connectivity index (χ1n) is 6.26. The van der Waals surface area contributed by atoms with Crippen molar-refractivity contribution in [1.29, 1.82) is 0 Å². The van der Waals surface area contributed by atoms with Gasteiger partial charge in [0.25, 0.3) is 0 Å². The number of anilines is 1. The zero-order chi connectivity index (χ0) is 13.1. The SMILES string of the molecule is CCNc1ncc(-c2c(C)cc(C)cc2C)cn1. The number of aromatic nitrogens is 2. The molecule has 0 fully saturated rings. The van der Waals surface area contributed by atoms with Crippen molar-refractivity contribution >= 4 is 5.95 Å². The fourth-order valence-corrected chi connectivity index (χ4v) is 2.34. The van der Waals surface area contributed by atoms with Gasteiger partial charge in [-0.2, -0.15) is 0 Å². The van der Waals surface area contributed by atoms with E-state index in [1.54, 1.807) is 0 Å². The molecule has 3 heteroatoms. The molecule has 94 valence electrons. The van der Waals surface area contributed by atoms with Gasteiger partial charge in [-0.3, -0.25) is 0 Å². The van der Waals surface area contributed by atoms with Crippen LogP contribution in [0.3, 0.4) is 0 Å². The molecule has 0 amide bonds. The largest absolute Gasteiger partial charge is 0.355 e. The van der Waals surface area contributed by atoms with Crippen molar-refractivity contribution in [2.75, 3.05) is 11.9 Å². The van der Waals surface area contributed by atoms with Crippen molar-refractivity contribution in [3.8, 4) is 11.1 Å². The number of rotatable bonds is 3. The molecule has 0 atom stereocenters. The van der Waals surface area contributed by atoms with Gasteiger partial charge in [-0.1, -0.05) is 17.7 Å². The van der Waals surface area contributed by atoms with E-state index in [0.29, 0.717) is 5.95 Å². The van der Waals surface area contributed by atoms with Crippen LogP contribution in [0.25, 0.3) is 11.1 Å². The third-order valence-electron chi connectivity index (χ3n) is 2.95. The lowest BCUT2D eigenvalue weighted by molar-refractivity contribution is 1.08. The van der Waals surface area contributed by atoms with E-state index in [9.17, 15) is 0 Å². The summed E-state index contributed by atoms with van der Waals surface area (Å²) < 4.78 is 0. The Morgan fingerprint density at radius 1 is 1.00 bits per heavy atom. The molecule has 0 bridgehead atoms. The smallest absolute Gasteiger partial charge is 0.222 e. The molecular formula is C15H19N3. The molecule has 1 heterocycles. The van der Waals surface area contributed by atoms with Gasteiger partial charge < -0.3 is 5.32 Å². The summed E-state index contributed by atoms with van der Waals surface area (Å²) in [6, 6.07) is 4.39. The molecule has 0 radical (unpaired) electrons. The average molecular weight is 241 g/mol. The van der Waals surface area contributed by atoms with Crippen molar-refractivity contribution in [2.45, 2.75) is 27.7 Å². The maximum absolute atomic E-state index is 4.33. The second-order valence-corrected chi connectivity index (χ2v) is 4.60. The summed E-state index contributed by atoms with van der Waals surface area (Å²) in [7, 11) is 0. The third-order valence-corrected chi connectivity index (χ3v) is 2.95. The number of hydrogen-bond acceptors (Lipinski definition) is 3. The highest BCUT2D eigenvalue weighted by atomic mass is 15.1. The van der Waals surface area contributed by atoms with Gasteiger partial charge in [0.1, 0.15) is 0 Å². The molecule has 0 aliphatic carbocycles. The van der Waals surface area contributed by atoms with Crippen LogP contribution in [0.2, 0.25) is 0 Å². The van der Waals surface area contributed by atoms with Crippen LogP contribution < -0.4 is 5.32 Å². The standard InChI is InChI=1S/C15H19N3/c1-5-16-15-17-8-13(9-18-15)14-11(3)6-10(2)7-12(14)4/h6-9H,5H2,1-4H3,(H,16,17,18). The molecule has 1 aromatic heterocycles. The summed E-state index contributed by atoms with van der Waals surface area (Å²) in [5.74, 6) is 0.684. The predicted molar refractivity (Wildman–Crippen MR) is 75.8 cm³/mol. The maximum Gasteiger partial charge on any atom is 0.222 e. The van der Waals surface area contributed by atoms with E-state index >= 15 is 0 Å². The molecule has 0 aliphatic rings. The van der Waals surface area contributed by atoms with Gasteiger partial charge >= 0.3 is 0 Å². The Bertz CT molecular complexity index is 521. The minimum absolute atomic E-state index is 0.684. The summed E-state index contributed by atoms with van der Waals surface area (Å²) in [6.45, 7) is 9.25. The van der Waals surface area contributed by atoms with Crippen molar-refractivity contribution in [2.24, 2.45) is 0 Å². The van der Waals surface area contributed by atoms with Gasteiger partial charge in [0.2, 0.25) is 5.95 Å². The first kappa shape index (κ1) is 12.6. The van der Waals surface area contributed by atoms with Crippen LogP contribution in [0, 0.1) is 20.8 Å². The molecule has 0 spiro atoms. The lowest BCUT2D eigenvalue weighted by Gasteiger charge is -2.11. The first-order valence-corrected chi connectivity index (χ1v) is 6.26. The van der Waals surface area contributed by atoms with Gasteiger partial charge in [0.05, 0.1) is 0 Å². The lowest BCUT2D eigenvalue weighted by Crippen LogP contribution is -2.01. The van der Waals surface area contributed by atoms with Crippen molar-refractivity contribution < 1.29 is 0 Å². The maximum atomic E-state index is 4.33. The normalized spacial score (nSPS) is 10.4. The second-order valence-electron chi connectivity index (χ2n) is 4.60. The predicted octanol–water partition coefficient (Wildman–Crippen LogP) is 3.50. The molecule has 18 heavy (non-hydrogen) atoms.